The quantitative estimate of drug-likeness (QED) is 0.449. The zero-order chi connectivity index (χ0) is 25.7. The van der Waals surface area contributed by atoms with Gasteiger partial charge in [0.15, 0.2) is 16.8 Å². The second kappa shape index (κ2) is 11.6. The fraction of sp³-hybridized carbons (Fsp3) is 0.538. The van der Waals surface area contributed by atoms with Crippen LogP contribution >= 0.6 is 11.3 Å². The van der Waals surface area contributed by atoms with Crippen LogP contribution in [-0.4, -0.2) is 36.2 Å². The van der Waals surface area contributed by atoms with Crippen molar-refractivity contribution < 1.29 is 23.3 Å². The standard InChI is InChI=1S/C26H37NO5S2/c1-9-26(10-2,22-14-18(4)24(33-22)34(30)27-23(29)16-31-8)19-11-12-20(17(3)13-19)32-15-21(28)25(5,6)7/h11-14H,9-10,15-16H2,1-8H3,(H,27,29). The average molecular weight is 508 g/mol. The van der Waals surface area contributed by atoms with Crippen LogP contribution < -0.4 is 9.46 Å². The van der Waals surface area contributed by atoms with Crippen molar-refractivity contribution in [1.82, 2.24) is 4.72 Å². The van der Waals surface area contributed by atoms with Crippen LogP contribution in [0.25, 0.3) is 0 Å². The summed E-state index contributed by atoms with van der Waals surface area (Å²) in [5.74, 6) is 0.343. The van der Waals surface area contributed by atoms with Gasteiger partial charge in [-0.25, -0.2) is 4.21 Å². The van der Waals surface area contributed by atoms with Crippen LogP contribution in [0.4, 0.5) is 0 Å². The molecule has 1 heterocycles. The van der Waals surface area contributed by atoms with Gasteiger partial charge in [0.25, 0.3) is 5.91 Å². The molecule has 1 aromatic carbocycles. The minimum Gasteiger partial charge on any atom is -0.486 e. The fourth-order valence-corrected chi connectivity index (χ4v) is 6.48. The molecule has 188 valence electrons. The van der Waals surface area contributed by atoms with Crippen molar-refractivity contribution in [2.45, 2.75) is 70.9 Å². The van der Waals surface area contributed by atoms with Crippen molar-refractivity contribution in [2.24, 2.45) is 5.41 Å². The summed E-state index contributed by atoms with van der Waals surface area (Å²) in [4.78, 5) is 25.2. The molecule has 0 saturated heterocycles. The number of carbonyl (C=O) groups is 2. The summed E-state index contributed by atoms with van der Waals surface area (Å²) in [7, 11) is -0.211. The zero-order valence-electron chi connectivity index (χ0n) is 21.5. The predicted octanol–water partition coefficient (Wildman–Crippen LogP) is 5.25. The third-order valence-corrected chi connectivity index (χ3v) is 9.14. The van der Waals surface area contributed by atoms with Crippen LogP contribution in [0.5, 0.6) is 5.75 Å². The molecule has 2 rings (SSSR count). The third-order valence-electron chi connectivity index (χ3n) is 6.12. The summed E-state index contributed by atoms with van der Waals surface area (Å²) >= 11 is 1.47. The van der Waals surface area contributed by atoms with Crippen molar-refractivity contribution in [3.63, 3.8) is 0 Å². The molecule has 0 aliphatic rings. The van der Waals surface area contributed by atoms with E-state index in [1.807, 2.05) is 40.7 Å². The first-order valence-electron chi connectivity index (χ1n) is 11.5. The molecule has 0 saturated carbocycles. The molecule has 1 N–H and O–H groups in total. The Morgan fingerprint density at radius 2 is 1.68 bits per heavy atom. The largest absolute Gasteiger partial charge is 0.486 e. The van der Waals surface area contributed by atoms with Gasteiger partial charge in [0.2, 0.25) is 0 Å². The summed E-state index contributed by atoms with van der Waals surface area (Å²) in [6.07, 6.45) is 1.71. The first-order chi connectivity index (χ1) is 15.9. The van der Waals surface area contributed by atoms with Crippen LogP contribution in [0.3, 0.4) is 0 Å². The number of ether oxygens (including phenoxy) is 2. The minimum absolute atomic E-state index is 0.0461. The number of hydrogen-bond donors (Lipinski definition) is 1. The van der Waals surface area contributed by atoms with Crippen molar-refractivity contribution >= 4 is 34.0 Å². The van der Waals surface area contributed by atoms with Gasteiger partial charge in [-0.2, -0.15) is 0 Å². The molecule has 0 bridgehead atoms. The van der Waals surface area contributed by atoms with Gasteiger partial charge in [0.1, 0.15) is 23.2 Å². The normalized spacial score (nSPS) is 12.9. The molecule has 0 aliphatic carbocycles. The van der Waals surface area contributed by atoms with Crippen molar-refractivity contribution in [2.75, 3.05) is 20.3 Å². The molecule has 0 aliphatic heterocycles. The van der Waals surface area contributed by atoms with Gasteiger partial charge in [-0.1, -0.05) is 46.8 Å². The number of carbonyl (C=O) groups excluding carboxylic acids is 2. The Morgan fingerprint density at radius 1 is 1.03 bits per heavy atom. The number of benzene rings is 1. The lowest BCUT2D eigenvalue weighted by Crippen LogP contribution is -2.29. The first-order valence-corrected chi connectivity index (χ1v) is 13.4. The first kappa shape index (κ1) is 28.2. The van der Waals surface area contributed by atoms with Crippen LogP contribution in [-0.2, 0) is 30.7 Å². The van der Waals surface area contributed by atoms with Crippen molar-refractivity contribution in [3.8, 4) is 5.75 Å². The Morgan fingerprint density at radius 3 is 2.21 bits per heavy atom. The maximum absolute atomic E-state index is 12.8. The fourth-order valence-electron chi connectivity index (χ4n) is 3.81. The second-order valence-corrected chi connectivity index (χ2v) is 12.0. The molecule has 1 amide bonds. The highest BCUT2D eigenvalue weighted by Crippen LogP contribution is 2.44. The molecule has 6 nitrogen and oxygen atoms in total. The van der Waals surface area contributed by atoms with Crippen LogP contribution in [0.2, 0.25) is 0 Å². The van der Waals surface area contributed by atoms with E-state index in [-0.39, 0.29) is 24.4 Å². The van der Waals surface area contributed by atoms with E-state index in [0.29, 0.717) is 9.96 Å². The SMILES string of the molecule is CCC(CC)(c1ccc(OCC(=O)C(C)(C)C)c(C)c1)c1cc(C)c(S(=O)NC(=O)COC)s1. The van der Waals surface area contributed by atoms with E-state index in [1.54, 1.807) is 0 Å². The molecule has 0 fully saturated rings. The molecule has 2 aromatic rings. The topological polar surface area (TPSA) is 81.7 Å². The summed E-state index contributed by atoms with van der Waals surface area (Å²) in [5, 5.41) is 0. The van der Waals surface area contributed by atoms with Gasteiger partial charge < -0.3 is 9.47 Å². The van der Waals surface area contributed by atoms with Crippen molar-refractivity contribution in [3.05, 3.63) is 45.8 Å². The highest BCUT2D eigenvalue weighted by atomic mass is 32.2. The van der Waals surface area contributed by atoms with Gasteiger partial charge in [-0.05, 0) is 55.5 Å². The summed E-state index contributed by atoms with van der Waals surface area (Å²) in [5.41, 5.74) is 2.30. The van der Waals surface area contributed by atoms with E-state index < -0.39 is 22.3 Å². The van der Waals surface area contributed by atoms with E-state index in [1.165, 1.54) is 18.4 Å². The molecule has 8 heteroatoms. The lowest BCUT2D eigenvalue weighted by Gasteiger charge is -2.32. The van der Waals surface area contributed by atoms with Crippen LogP contribution in [0.1, 0.15) is 69.0 Å². The molecular formula is C26H37NO5S2. The maximum atomic E-state index is 12.8. The summed E-state index contributed by atoms with van der Waals surface area (Å²) in [6.45, 7) is 13.8. The highest BCUT2D eigenvalue weighted by molar-refractivity contribution is 7.86. The number of nitrogens with one attached hydrogen (secondary N) is 1. The van der Waals surface area contributed by atoms with Crippen LogP contribution in [0.15, 0.2) is 28.5 Å². The molecule has 0 spiro atoms. The summed E-state index contributed by atoms with van der Waals surface area (Å²) in [6, 6.07) is 8.19. The molecular weight excluding hydrogens is 470 g/mol. The zero-order valence-corrected chi connectivity index (χ0v) is 23.1. The van der Waals surface area contributed by atoms with Crippen molar-refractivity contribution in [1.29, 1.82) is 0 Å². The Hall–Kier alpha value is -2.03. The summed E-state index contributed by atoms with van der Waals surface area (Å²) < 4.78 is 26.6. The lowest BCUT2D eigenvalue weighted by atomic mass is 9.74. The van der Waals surface area contributed by atoms with E-state index in [9.17, 15) is 13.8 Å². The minimum atomic E-state index is -1.64. The number of aryl methyl sites for hydroxylation is 2. The smallest absolute Gasteiger partial charge is 0.257 e. The molecule has 1 aromatic heterocycles. The van der Waals surface area contributed by atoms with E-state index in [4.69, 9.17) is 9.47 Å². The Bertz CT molecular complexity index is 1050. The van der Waals surface area contributed by atoms with Crippen LogP contribution in [0, 0.1) is 19.3 Å². The number of amides is 1. The third kappa shape index (κ3) is 6.34. The number of ketones is 1. The number of Topliss-reactive ketones (excluding diaryl/α,β-unsaturated/α-hetero) is 1. The van der Waals surface area contributed by atoms with E-state index in [2.05, 4.69) is 36.8 Å². The second-order valence-electron chi connectivity index (χ2n) is 9.54. The predicted molar refractivity (Wildman–Crippen MR) is 138 cm³/mol. The molecule has 34 heavy (non-hydrogen) atoms. The monoisotopic (exact) mass is 507 g/mol. The van der Waals surface area contributed by atoms with Gasteiger partial charge in [0.05, 0.1) is 0 Å². The number of rotatable bonds is 11. The van der Waals surface area contributed by atoms with E-state index in [0.717, 1.165) is 34.4 Å². The van der Waals surface area contributed by atoms with Gasteiger partial charge in [0, 0.05) is 22.8 Å². The Balaban J connectivity index is 2.36. The van der Waals surface area contributed by atoms with Gasteiger partial charge >= 0.3 is 0 Å². The van der Waals surface area contributed by atoms with Gasteiger partial charge in [-0.15, -0.1) is 11.3 Å². The number of hydrogen-bond acceptors (Lipinski definition) is 6. The maximum Gasteiger partial charge on any atom is 0.257 e. The molecule has 0 radical (unpaired) electrons. The highest BCUT2D eigenvalue weighted by Gasteiger charge is 2.34. The Labute approximate surface area is 210 Å². The number of thiophene rings is 1. The molecule has 1 unspecified atom stereocenters. The van der Waals surface area contributed by atoms with E-state index >= 15 is 0 Å². The number of methoxy groups -OCH3 is 1. The lowest BCUT2D eigenvalue weighted by molar-refractivity contribution is -0.128. The van der Waals surface area contributed by atoms with Gasteiger partial charge in [-0.3, -0.25) is 14.3 Å². The average Bonchev–Trinajstić information content (AvgIpc) is 3.15. The Kier molecular flexibility index (Phi) is 9.62. The molecule has 1 atom stereocenters.